The Labute approximate surface area is 129 Å². The summed E-state index contributed by atoms with van der Waals surface area (Å²) in [6, 6.07) is -0.0875. The minimum absolute atomic E-state index is 0.0875. The van der Waals surface area contributed by atoms with Crippen molar-refractivity contribution < 1.29 is 14.3 Å². The maximum atomic E-state index is 12.4. The van der Waals surface area contributed by atoms with Crippen molar-refractivity contribution in [3.05, 3.63) is 16.1 Å². The van der Waals surface area contributed by atoms with Crippen molar-refractivity contribution in [2.45, 2.75) is 39.0 Å². The number of amides is 1. The van der Waals surface area contributed by atoms with Gasteiger partial charge in [0.25, 0.3) is 0 Å². The molecule has 1 aromatic rings. The third-order valence-corrected chi connectivity index (χ3v) is 3.89. The predicted molar refractivity (Wildman–Crippen MR) is 81.4 cm³/mol. The maximum Gasteiger partial charge on any atom is 0.410 e. The van der Waals surface area contributed by atoms with E-state index in [4.69, 9.17) is 9.47 Å². The number of rotatable bonds is 3. The number of ether oxygens (including phenoxy) is 2. The van der Waals surface area contributed by atoms with Gasteiger partial charge in [-0.15, -0.1) is 11.3 Å². The second kappa shape index (κ2) is 6.72. The lowest BCUT2D eigenvalue weighted by Gasteiger charge is -2.36. The topological polar surface area (TPSA) is 63.7 Å². The molecular weight excluding hydrogens is 290 g/mol. The summed E-state index contributed by atoms with van der Waals surface area (Å²) in [7, 11) is 1.65. The van der Waals surface area contributed by atoms with Crippen molar-refractivity contribution in [3.8, 4) is 0 Å². The molecular formula is C14H23N3O3S. The molecule has 0 bridgehead atoms. The Hall–Kier alpha value is -1.18. The summed E-state index contributed by atoms with van der Waals surface area (Å²) < 4.78 is 10.6. The zero-order chi connectivity index (χ0) is 15.5. The quantitative estimate of drug-likeness (QED) is 0.926. The predicted octanol–water partition coefficient (Wildman–Crippen LogP) is 2.17. The highest BCUT2D eigenvalue weighted by Gasteiger charge is 2.32. The van der Waals surface area contributed by atoms with Crippen molar-refractivity contribution in [2.75, 3.05) is 26.7 Å². The molecule has 1 saturated heterocycles. The average molecular weight is 313 g/mol. The second-order valence-corrected chi connectivity index (χ2v) is 6.94. The molecule has 1 aliphatic heterocycles. The first-order chi connectivity index (χ1) is 9.90. The van der Waals surface area contributed by atoms with Gasteiger partial charge in [0, 0.05) is 32.1 Å². The number of hydrogen-bond donors (Lipinski definition) is 1. The zero-order valence-electron chi connectivity index (χ0n) is 13.0. The van der Waals surface area contributed by atoms with E-state index in [1.54, 1.807) is 23.3 Å². The Morgan fingerprint density at radius 2 is 2.33 bits per heavy atom. The van der Waals surface area contributed by atoms with Crippen LogP contribution in [0.4, 0.5) is 4.79 Å². The van der Waals surface area contributed by atoms with Crippen molar-refractivity contribution >= 4 is 17.4 Å². The molecule has 6 nitrogen and oxygen atoms in total. The molecule has 2 rings (SSSR count). The second-order valence-electron chi connectivity index (χ2n) is 5.99. The first-order valence-electron chi connectivity index (χ1n) is 7.04. The molecule has 0 aliphatic carbocycles. The first kappa shape index (κ1) is 16.2. The molecule has 1 aromatic heterocycles. The van der Waals surface area contributed by atoms with E-state index >= 15 is 0 Å². The van der Waals surface area contributed by atoms with Gasteiger partial charge in [0.2, 0.25) is 0 Å². The van der Waals surface area contributed by atoms with Crippen LogP contribution in [0.5, 0.6) is 0 Å². The molecule has 7 heteroatoms. The van der Waals surface area contributed by atoms with Crippen LogP contribution in [0.1, 0.15) is 37.5 Å². The highest BCUT2D eigenvalue weighted by atomic mass is 32.1. The Morgan fingerprint density at radius 1 is 1.57 bits per heavy atom. The minimum Gasteiger partial charge on any atom is -0.444 e. The zero-order valence-corrected chi connectivity index (χ0v) is 13.8. The van der Waals surface area contributed by atoms with E-state index in [0.29, 0.717) is 19.7 Å². The maximum absolute atomic E-state index is 12.4. The fourth-order valence-electron chi connectivity index (χ4n) is 2.18. The van der Waals surface area contributed by atoms with E-state index in [1.807, 2.05) is 26.2 Å². The van der Waals surface area contributed by atoms with Gasteiger partial charge in [-0.25, -0.2) is 9.78 Å². The molecule has 0 saturated carbocycles. The molecule has 1 unspecified atom stereocenters. The number of aromatic nitrogens is 1. The van der Waals surface area contributed by atoms with Gasteiger partial charge in [0.05, 0.1) is 18.3 Å². The summed E-state index contributed by atoms with van der Waals surface area (Å²) in [5, 5.41) is 6.21. The number of carbonyl (C=O) groups excluding carboxylic acids is 1. The number of carbonyl (C=O) groups is 1. The van der Waals surface area contributed by atoms with Crippen LogP contribution in [-0.4, -0.2) is 48.3 Å². The van der Waals surface area contributed by atoms with Gasteiger partial charge >= 0.3 is 6.09 Å². The van der Waals surface area contributed by atoms with Crippen molar-refractivity contribution in [1.29, 1.82) is 0 Å². The summed E-state index contributed by atoms with van der Waals surface area (Å²) in [4.78, 5) is 18.7. The van der Waals surface area contributed by atoms with E-state index in [1.165, 1.54) is 0 Å². The Bertz CT molecular complexity index is 484. The summed E-state index contributed by atoms with van der Waals surface area (Å²) in [5.41, 5.74) is 0.403. The van der Waals surface area contributed by atoms with Crippen LogP contribution in [-0.2, 0) is 16.1 Å². The van der Waals surface area contributed by atoms with Gasteiger partial charge in [-0.2, -0.15) is 0 Å². The monoisotopic (exact) mass is 313 g/mol. The standard InChI is InChI=1S/C14H23N3O3S/c1-14(2,3)20-13(18)17-6-5-15-7-11(17)10-9-21-12(16-10)8-19-4/h9,11,15H,5-8H2,1-4H3. The van der Waals surface area contributed by atoms with Crippen LogP contribution in [0, 0.1) is 0 Å². The number of hydrogen-bond acceptors (Lipinski definition) is 6. The van der Waals surface area contributed by atoms with Gasteiger partial charge in [-0.05, 0) is 20.8 Å². The number of nitrogens with zero attached hydrogens (tertiary/aromatic N) is 2. The lowest BCUT2D eigenvalue weighted by Crippen LogP contribution is -2.50. The third-order valence-electron chi connectivity index (χ3n) is 3.05. The largest absolute Gasteiger partial charge is 0.444 e. The number of methoxy groups -OCH3 is 1. The Kier molecular flexibility index (Phi) is 5.18. The van der Waals surface area contributed by atoms with Crippen LogP contribution in [0.3, 0.4) is 0 Å². The van der Waals surface area contributed by atoms with E-state index in [2.05, 4.69) is 10.3 Å². The van der Waals surface area contributed by atoms with Crippen LogP contribution < -0.4 is 5.32 Å². The smallest absolute Gasteiger partial charge is 0.410 e. The normalized spacial score (nSPS) is 19.6. The fraction of sp³-hybridized carbons (Fsp3) is 0.714. The van der Waals surface area contributed by atoms with Crippen LogP contribution >= 0.6 is 11.3 Å². The van der Waals surface area contributed by atoms with Gasteiger partial charge in [-0.3, -0.25) is 4.90 Å². The van der Waals surface area contributed by atoms with E-state index < -0.39 is 5.60 Å². The molecule has 0 aromatic carbocycles. The molecule has 1 aliphatic rings. The molecule has 1 atom stereocenters. The van der Waals surface area contributed by atoms with Crippen LogP contribution in [0.25, 0.3) is 0 Å². The molecule has 1 fully saturated rings. The lowest BCUT2D eigenvalue weighted by molar-refractivity contribution is 0.0113. The van der Waals surface area contributed by atoms with Crippen LogP contribution in [0.15, 0.2) is 5.38 Å². The molecule has 118 valence electrons. The van der Waals surface area contributed by atoms with E-state index in [-0.39, 0.29) is 12.1 Å². The van der Waals surface area contributed by atoms with Crippen molar-refractivity contribution in [2.24, 2.45) is 0 Å². The highest BCUT2D eigenvalue weighted by Crippen LogP contribution is 2.26. The number of thiazole rings is 1. The van der Waals surface area contributed by atoms with Crippen molar-refractivity contribution in [1.82, 2.24) is 15.2 Å². The fourth-order valence-corrected chi connectivity index (χ4v) is 2.99. The molecule has 0 spiro atoms. The summed E-state index contributed by atoms with van der Waals surface area (Å²) in [6.07, 6.45) is -0.282. The molecule has 1 N–H and O–H groups in total. The average Bonchev–Trinajstić information content (AvgIpc) is 2.86. The molecule has 0 radical (unpaired) electrons. The Balaban J connectivity index is 2.12. The first-order valence-corrected chi connectivity index (χ1v) is 7.92. The summed E-state index contributed by atoms with van der Waals surface area (Å²) in [5.74, 6) is 0. The van der Waals surface area contributed by atoms with Crippen LogP contribution in [0.2, 0.25) is 0 Å². The third kappa shape index (κ3) is 4.39. The van der Waals surface area contributed by atoms with Gasteiger partial charge in [0.15, 0.2) is 0 Å². The summed E-state index contributed by atoms with van der Waals surface area (Å²) >= 11 is 1.55. The van der Waals surface area contributed by atoms with Gasteiger partial charge in [-0.1, -0.05) is 0 Å². The number of nitrogens with one attached hydrogen (secondary N) is 1. The minimum atomic E-state index is -0.490. The van der Waals surface area contributed by atoms with E-state index in [0.717, 1.165) is 17.2 Å². The lowest BCUT2D eigenvalue weighted by atomic mass is 10.1. The molecule has 1 amide bonds. The van der Waals surface area contributed by atoms with Gasteiger partial charge in [0.1, 0.15) is 10.6 Å². The highest BCUT2D eigenvalue weighted by molar-refractivity contribution is 7.09. The van der Waals surface area contributed by atoms with Crippen molar-refractivity contribution in [3.63, 3.8) is 0 Å². The Morgan fingerprint density at radius 3 is 3.00 bits per heavy atom. The van der Waals surface area contributed by atoms with E-state index in [9.17, 15) is 4.79 Å². The summed E-state index contributed by atoms with van der Waals surface area (Å²) in [6.45, 7) is 8.21. The molecule has 21 heavy (non-hydrogen) atoms. The number of piperazine rings is 1. The van der Waals surface area contributed by atoms with Gasteiger partial charge < -0.3 is 14.8 Å². The molecule has 2 heterocycles. The SMILES string of the molecule is COCc1nc(C2CNCCN2C(=O)OC(C)(C)C)cs1.